The van der Waals surface area contributed by atoms with E-state index in [0.717, 1.165) is 10.7 Å². The van der Waals surface area contributed by atoms with Crippen LogP contribution in [0.3, 0.4) is 0 Å². The van der Waals surface area contributed by atoms with Crippen molar-refractivity contribution < 1.29 is 8.42 Å². The summed E-state index contributed by atoms with van der Waals surface area (Å²) in [6.45, 7) is 3.40. The molecule has 0 aliphatic rings. The zero-order valence-corrected chi connectivity index (χ0v) is 10.6. The Labute approximate surface area is 94.7 Å². The van der Waals surface area contributed by atoms with E-state index in [1.807, 2.05) is 12.3 Å². The molecular weight excluding hydrogens is 232 g/mol. The van der Waals surface area contributed by atoms with Crippen molar-refractivity contribution in [1.82, 2.24) is 10.3 Å². The number of hydrogen-bond donors (Lipinski definition) is 1. The van der Waals surface area contributed by atoms with E-state index in [4.69, 9.17) is 0 Å². The van der Waals surface area contributed by atoms with Crippen LogP contribution in [0.1, 0.15) is 17.1 Å². The highest BCUT2D eigenvalue weighted by Crippen LogP contribution is 2.06. The van der Waals surface area contributed by atoms with Crippen molar-refractivity contribution in [2.24, 2.45) is 0 Å². The van der Waals surface area contributed by atoms with E-state index in [-0.39, 0.29) is 5.75 Å². The summed E-state index contributed by atoms with van der Waals surface area (Å²) in [6, 6.07) is 0. The molecule has 0 aliphatic carbocycles. The van der Waals surface area contributed by atoms with Crippen LogP contribution in [0.5, 0.6) is 0 Å². The third-order valence-corrected chi connectivity index (χ3v) is 3.69. The van der Waals surface area contributed by atoms with Crippen LogP contribution in [-0.4, -0.2) is 32.0 Å². The Balaban J connectivity index is 2.12. The molecule has 0 spiro atoms. The van der Waals surface area contributed by atoms with Gasteiger partial charge in [-0.2, -0.15) is 0 Å². The molecule has 0 radical (unpaired) electrons. The van der Waals surface area contributed by atoms with Gasteiger partial charge >= 0.3 is 0 Å². The van der Waals surface area contributed by atoms with Crippen molar-refractivity contribution in [3.63, 3.8) is 0 Å². The zero-order chi connectivity index (χ0) is 11.3. The highest BCUT2D eigenvalue weighted by atomic mass is 32.2. The van der Waals surface area contributed by atoms with Gasteiger partial charge in [0.1, 0.15) is 9.84 Å². The van der Waals surface area contributed by atoms with Crippen LogP contribution in [0.2, 0.25) is 0 Å². The van der Waals surface area contributed by atoms with E-state index in [9.17, 15) is 8.42 Å². The molecule has 1 aromatic heterocycles. The van der Waals surface area contributed by atoms with Gasteiger partial charge in [-0.3, -0.25) is 0 Å². The number of rotatable bonds is 6. The van der Waals surface area contributed by atoms with Crippen LogP contribution in [-0.2, 0) is 16.4 Å². The molecule has 4 nitrogen and oxygen atoms in total. The Morgan fingerprint density at radius 2 is 2.27 bits per heavy atom. The summed E-state index contributed by atoms with van der Waals surface area (Å²) < 4.78 is 21.7. The second-order valence-electron chi connectivity index (χ2n) is 3.52. The Bertz CT molecular complexity index is 398. The third-order valence-electron chi connectivity index (χ3n) is 1.84. The van der Waals surface area contributed by atoms with Crippen LogP contribution in [0.15, 0.2) is 5.38 Å². The number of aryl methyl sites for hydroxylation is 1. The van der Waals surface area contributed by atoms with Gasteiger partial charge in [0.25, 0.3) is 0 Å². The molecule has 1 heterocycles. The van der Waals surface area contributed by atoms with Gasteiger partial charge in [0.05, 0.1) is 16.5 Å². The molecule has 1 rings (SSSR count). The van der Waals surface area contributed by atoms with Gasteiger partial charge in [-0.15, -0.1) is 11.3 Å². The minimum Gasteiger partial charge on any atom is -0.311 e. The molecule has 0 saturated carbocycles. The van der Waals surface area contributed by atoms with Crippen molar-refractivity contribution in [1.29, 1.82) is 0 Å². The van der Waals surface area contributed by atoms with Crippen LogP contribution in [0, 0.1) is 6.92 Å². The Kier molecular flexibility index (Phi) is 4.69. The van der Waals surface area contributed by atoms with Gasteiger partial charge in [0, 0.05) is 18.2 Å². The number of nitrogens with zero attached hydrogens (tertiary/aromatic N) is 1. The molecule has 0 bridgehead atoms. The largest absolute Gasteiger partial charge is 0.311 e. The Morgan fingerprint density at radius 3 is 2.80 bits per heavy atom. The second kappa shape index (κ2) is 5.58. The molecule has 0 atom stereocenters. The van der Waals surface area contributed by atoms with E-state index >= 15 is 0 Å². The van der Waals surface area contributed by atoms with Crippen molar-refractivity contribution in [2.75, 3.05) is 18.6 Å². The van der Waals surface area contributed by atoms with Crippen molar-refractivity contribution in [2.45, 2.75) is 19.9 Å². The number of hydrogen-bond acceptors (Lipinski definition) is 5. The normalized spacial score (nSPS) is 11.9. The van der Waals surface area contributed by atoms with E-state index < -0.39 is 9.84 Å². The van der Waals surface area contributed by atoms with E-state index in [1.165, 1.54) is 6.26 Å². The van der Waals surface area contributed by atoms with Crippen LogP contribution in [0.25, 0.3) is 0 Å². The predicted octanol–water partition coefficient (Wildman–Crippen LogP) is 0.976. The number of sulfone groups is 1. The second-order valence-corrected chi connectivity index (χ2v) is 6.84. The maximum Gasteiger partial charge on any atom is 0.147 e. The van der Waals surface area contributed by atoms with Crippen molar-refractivity contribution >= 4 is 21.2 Å². The lowest BCUT2D eigenvalue weighted by molar-refractivity contribution is 0.594. The number of nitrogens with one attached hydrogen (secondary N) is 1. The van der Waals surface area contributed by atoms with E-state index in [2.05, 4.69) is 10.3 Å². The molecular formula is C9H16N2O2S2. The monoisotopic (exact) mass is 248 g/mol. The standard InChI is InChI=1S/C9H16N2O2S2/c1-8-11-9(7-14-8)6-10-4-3-5-15(2,12)13/h7,10H,3-6H2,1-2H3. The summed E-state index contributed by atoms with van der Waals surface area (Å²) in [5, 5.41) is 6.24. The molecule has 86 valence electrons. The van der Waals surface area contributed by atoms with Crippen LogP contribution >= 0.6 is 11.3 Å². The van der Waals surface area contributed by atoms with Crippen LogP contribution < -0.4 is 5.32 Å². The maximum absolute atomic E-state index is 10.8. The first-order valence-electron chi connectivity index (χ1n) is 4.77. The molecule has 0 amide bonds. The summed E-state index contributed by atoms with van der Waals surface area (Å²) in [7, 11) is -2.82. The first-order valence-corrected chi connectivity index (χ1v) is 7.71. The van der Waals surface area contributed by atoms with Gasteiger partial charge < -0.3 is 5.32 Å². The van der Waals surface area contributed by atoms with Gasteiger partial charge in [0.15, 0.2) is 0 Å². The fourth-order valence-corrected chi connectivity index (χ4v) is 2.45. The zero-order valence-electron chi connectivity index (χ0n) is 8.99. The first-order chi connectivity index (χ1) is 6.97. The quantitative estimate of drug-likeness (QED) is 0.762. The summed E-state index contributed by atoms with van der Waals surface area (Å²) in [5.74, 6) is 0.246. The summed E-state index contributed by atoms with van der Waals surface area (Å²) in [6.07, 6.45) is 1.92. The lowest BCUT2D eigenvalue weighted by Gasteiger charge is -2.01. The maximum atomic E-state index is 10.8. The highest BCUT2D eigenvalue weighted by Gasteiger charge is 2.01. The molecule has 1 aromatic rings. The lowest BCUT2D eigenvalue weighted by atomic mass is 10.4. The molecule has 15 heavy (non-hydrogen) atoms. The van der Waals surface area contributed by atoms with E-state index in [1.54, 1.807) is 11.3 Å². The van der Waals surface area contributed by atoms with Crippen molar-refractivity contribution in [3.8, 4) is 0 Å². The summed E-state index contributed by atoms with van der Waals surface area (Å²) in [5.41, 5.74) is 1.02. The average molecular weight is 248 g/mol. The number of thiazole rings is 1. The smallest absolute Gasteiger partial charge is 0.147 e. The number of aromatic nitrogens is 1. The predicted molar refractivity (Wildman–Crippen MR) is 62.9 cm³/mol. The average Bonchev–Trinajstić information content (AvgIpc) is 2.49. The minimum absolute atomic E-state index is 0.246. The fraction of sp³-hybridized carbons (Fsp3) is 0.667. The first kappa shape index (κ1) is 12.6. The molecule has 0 unspecified atom stereocenters. The Morgan fingerprint density at radius 1 is 1.53 bits per heavy atom. The van der Waals surface area contributed by atoms with Gasteiger partial charge in [-0.05, 0) is 19.9 Å². The topological polar surface area (TPSA) is 59.1 Å². The fourth-order valence-electron chi connectivity index (χ4n) is 1.17. The lowest BCUT2D eigenvalue weighted by Crippen LogP contribution is -2.18. The van der Waals surface area contributed by atoms with Gasteiger partial charge in [-0.1, -0.05) is 0 Å². The highest BCUT2D eigenvalue weighted by molar-refractivity contribution is 7.90. The van der Waals surface area contributed by atoms with Gasteiger partial charge in [-0.25, -0.2) is 13.4 Å². The summed E-state index contributed by atoms with van der Waals surface area (Å²) in [4.78, 5) is 4.29. The van der Waals surface area contributed by atoms with Crippen molar-refractivity contribution in [3.05, 3.63) is 16.1 Å². The molecule has 0 saturated heterocycles. The SMILES string of the molecule is Cc1nc(CNCCCS(C)(=O)=O)cs1. The molecule has 1 N–H and O–H groups in total. The molecule has 0 aromatic carbocycles. The summed E-state index contributed by atoms with van der Waals surface area (Å²) >= 11 is 1.63. The molecule has 0 fully saturated rings. The van der Waals surface area contributed by atoms with Crippen LogP contribution in [0.4, 0.5) is 0 Å². The minimum atomic E-state index is -2.82. The molecule has 0 aliphatic heterocycles. The van der Waals surface area contributed by atoms with E-state index in [0.29, 0.717) is 19.5 Å². The molecule has 6 heteroatoms. The van der Waals surface area contributed by atoms with Gasteiger partial charge in [0.2, 0.25) is 0 Å². The Hall–Kier alpha value is -0.460. The third kappa shape index (κ3) is 5.86.